The van der Waals surface area contributed by atoms with Gasteiger partial charge in [0.05, 0.1) is 5.56 Å². The molecule has 0 saturated carbocycles. The molecule has 1 aromatic heterocycles. The van der Waals surface area contributed by atoms with E-state index in [1.54, 1.807) is 0 Å². The van der Waals surface area contributed by atoms with Crippen LogP contribution in [-0.2, 0) is 0 Å². The van der Waals surface area contributed by atoms with Crippen molar-refractivity contribution in [1.29, 1.82) is 0 Å². The van der Waals surface area contributed by atoms with Crippen molar-refractivity contribution in [3.63, 3.8) is 0 Å². The third-order valence-corrected chi connectivity index (χ3v) is 3.99. The minimum Gasteiger partial charge on any atom is -0.367 e. The zero-order valence-corrected chi connectivity index (χ0v) is 12.4. The summed E-state index contributed by atoms with van der Waals surface area (Å²) in [6, 6.07) is 13.2. The molecule has 0 unspecified atom stereocenters. The molecular weight excluding hydrogens is 281 g/mol. The topological polar surface area (TPSA) is 45.2 Å². The molecular formula is C17H18FN3O. The van der Waals surface area contributed by atoms with Gasteiger partial charge in [-0.3, -0.25) is 4.79 Å². The second-order valence-electron chi connectivity index (χ2n) is 5.61. The van der Waals surface area contributed by atoms with E-state index in [0.29, 0.717) is 11.6 Å². The Morgan fingerprint density at radius 1 is 1.27 bits per heavy atom. The quantitative estimate of drug-likeness (QED) is 0.886. The van der Waals surface area contributed by atoms with Gasteiger partial charge >= 0.3 is 0 Å². The summed E-state index contributed by atoms with van der Waals surface area (Å²) in [7, 11) is 0. The number of rotatable bonds is 3. The maximum atomic E-state index is 12.8. The van der Waals surface area contributed by atoms with Crippen LogP contribution < -0.4 is 10.2 Å². The van der Waals surface area contributed by atoms with E-state index in [-0.39, 0.29) is 11.9 Å². The van der Waals surface area contributed by atoms with Gasteiger partial charge in [-0.2, -0.15) is 4.39 Å². The van der Waals surface area contributed by atoms with Crippen molar-refractivity contribution in [3.8, 4) is 0 Å². The van der Waals surface area contributed by atoms with Crippen molar-refractivity contribution in [2.24, 2.45) is 0 Å². The molecule has 5 heteroatoms. The fraction of sp³-hybridized carbons (Fsp3) is 0.294. The Hall–Kier alpha value is -2.43. The van der Waals surface area contributed by atoms with Crippen LogP contribution in [0.25, 0.3) is 0 Å². The first-order chi connectivity index (χ1) is 10.6. The van der Waals surface area contributed by atoms with Gasteiger partial charge in [-0.25, -0.2) is 4.98 Å². The Morgan fingerprint density at radius 2 is 2.05 bits per heavy atom. The molecule has 1 saturated heterocycles. The number of anilines is 1. The predicted octanol–water partition coefficient (Wildman–Crippen LogP) is 2.62. The number of benzene rings is 1. The summed E-state index contributed by atoms with van der Waals surface area (Å²) in [5.74, 6) is -0.791. The highest BCUT2D eigenvalue weighted by molar-refractivity contribution is 5.94. The van der Waals surface area contributed by atoms with E-state index in [1.807, 2.05) is 18.2 Å². The predicted molar refractivity (Wildman–Crippen MR) is 83.3 cm³/mol. The number of pyridine rings is 1. The van der Waals surface area contributed by atoms with Crippen LogP contribution in [0.3, 0.4) is 0 Å². The molecule has 4 nitrogen and oxygen atoms in total. The summed E-state index contributed by atoms with van der Waals surface area (Å²) in [5.41, 5.74) is 1.54. The second-order valence-corrected chi connectivity index (χ2v) is 5.61. The fourth-order valence-corrected chi connectivity index (χ4v) is 2.89. The lowest BCUT2D eigenvalue weighted by molar-refractivity contribution is 0.0939. The molecule has 1 aromatic carbocycles. The van der Waals surface area contributed by atoms with E-state index in [0.717, 1.165) is 18.7 Å². The van der Waals surface area contributed by atoms with Gasteiger partial charge in [-0.1, -0.05) is 18.2 Å². The van der Waals surface area contributed by atoms with Crippen molar-refractivity contribution in [1.82, 2.24) is 10.3 Å². The average molecular weight is 299 g/mol. The molecule has 1 amide bonds. The smallest absolute Gasteiger partial charge is 0.253 e. The summed E-state index contributed by atoms with van der Waals surface area (Å²) in [5, 5.41) is 3.00. The van der Waals surface area contributed by atoms with E-state index in [2.05, 4.69) is 34.3 Å². The van der Waals surface area contributed by atoms with E-state index in [9.17, 15) is 9.18 Å². The Kier molecular flexibility index (Phi) is 4.04. The number of nitrogens with zero attached hydrogens (tertiary/aromatic N) is 2. The Morgan fingerprint density at radius 3 is 2.73 bits per heavy atom. The van der Waals surface area contributed by atoms with Crippen LogP contribution >= 0.6 is 0 Å². The SMILES string of the molecule is C[C@H]1C[C@H](NC(=O)c2ccc(F)nc2)CN1c1ccccc1. The third-order valence-electron chi connectivity index (χ3n) is 3.99. The molecule has 1 N–H and O–H groups in total. The van der Waals surface area contributed by atoms with Gasteiger partial charge in [-0.05, 0) is 37.6 Å². The number of hydrogen-bond acceptors (Lipinski definition) is 3. The number of halogens is 1. The molecule has 0 aliphatic carbocycles. The number of para-hydroxylation sites is 1. The molecule has 1 aliphatic heterocycles. The first-order valence-corrected chi connectivity index (χ1v) is 7.37. The number of nitrogens with one attached hydrogen (secondary N) is 1. The Balaban J connectivity index is 1.65. The minimum atomic E-state index is -0.582. The molecule has 22 heavy (non-hydrogen) atoms. The lowest BCUT2D eigenvalue weighted by Gasteiger charge is -2.23. The van der Waals surface area contributed by atoms with Gasteiger partial charge in [0, 0.05) is 30.5 Å². The summed E-state index contributed by atoms with van der Waals surface area (Å²) >= 11 is 0. The van der Waals surface area contributed by atoms with Crippen LogP contribution in [0.2, 0.25) is 0 Å². The lowest BCUT2D eigenvalue weighted by Crippen LogP contribution is -2.37. The molecule has 1 fully saturated rings. The zero-order chi connectivity index (χ0) is 15.5. The number of hydrogen-bond donors (Lipinski definition) is 1. The summed E-state index contributed by atoms with van der Waals surface area (Å²) in [4.78, 5) is 18.0. The van der Waals surface area contributed by atoms with Crippen molar-refractivity contribution < 1.29 is 9.18 Å². The van der Waals surface area contributed by atoms with Crippen molar-refractivity contribution in [2.45, 2.75) is 25.4 Å². The van der Waals surface area contributed by atoms with Gasteiger partial charge in [0.15, 0.2) is 0 Å². The van der Waals surface area contributed by atoms with Crippen LogP contribution in [0, 0.1) is 5.95 Å². The standard InChI is InChI=1S/C17H18FN3O/c1-12-9-14(11-21(12)15-5-3-2-4-6-15)20-17(22)13-7-8-16(18)19-10-13/h2-8,10,12,14H,9,11H2,1H3,(H,20,22)/t12-,14-/m0/s1. The van der Waals surface area contributed by atoms with Gasteiger partial charge in [0.1, 0.15) is 0 Å². The molecule has 2 atom stereocenters. The summed E-state index contributed by atoms with van der Waals surface area (Å²) < 4.78 is 12.8. The van der Waals surface area contributed by atoms with Gasteiger partial charge in [-0.15, -0.1) is 0 Å². The highest BCUT2D eigenvalue weighted by Gasteiger charge is 2.30. The van der Waals surface area contributed by atoms with E-state index < -0.39 is 5.95 Å². The lowest BCUT2D eigenvalue weighted by atomic mass is 10.1. The van der Waals surface area contributed by atoms with Crippen molar-refractivity contribution in [2.75, 3.05) is 11.4 Å². The Labute approximate surface area is 129 Å². The molecule has 3 rings (SSSR count). The van der Waals surface area contributed by atoms with Crippen LogP contribution in [-0.4, -0.2) is 29.5 Å². The van der Waals surface area contributed by atoms with Gasteiger partial charge in [0.25, 0.3) is 5.91 Å². The van der Waals surface area contributed by atoms with E-state index in [4.69, 9.17) is 0 Å². The fourth-order valence-electron chi connectivity index (χ4n) is 2.89. The number of aromatic nitrogens is 1. The largest absolute Gasteiger partial charge is 0.367 e. The van der Waals surface area contributed by atoms with Crippen LogP contribution in [0.1, 0.15) is 23.7 Å². The molecule has 2 heterocycles. The molecule has 0 bridgehead atoms. The zero-order valence-electron chi connectivity index (χ0n) is 12.4. The average Bonchev–Trinajstić information content (AvgIpc) is 2.89. The number of carbonyl (C=O) groups excluding carboxylic acids is 1. The summed E-state index contributed by atoms with van der Waals surface area (Å²) in [6.07, 6.45) is 2.15. The third kappa shape index (κ3) is 3.08. The van der Waals surface area contributed by atoms with Crippen molar-refractivity contribution in [3.05, 3.63) is 60.2 Å². The monoisotopic (exact) mass is 299 g/mol. The van der Waals surface area contributed by atoms with Gasteiger partial charge in [0.2, 0.25) is 5.95 Å². The van der Waals surface area contributed by atoms with E-state index >= 15 is 0 Å². The maximum Gasteiger partial charge on any atom is 0.253 e. The maximum absolute atomic E-state index is 12.8. The highest BCUT2D eigenvalue weighted by Crippen LogP contribution is 2.25. The molecule has 0 spiro atoms. The second kappa shape index (κ2) is 6.13. The minimum absolute atomic E-state index is 0.0766. The van der Waals surface area contributed by atoms with Crippen LogP contribution in [0.5, 0.6) is 0 Å². The summed E-state index contributed by atoms with van der Waals surface area (Å²) in [6.45, 7) is 2.92. The number of amides is 1. The van der Waals surface area contributed by atoms with E-state index in [1.165, 1.54) is 18.3 Å². The first kappa shape index (κ1) is 14.5. The molecule has 1 aliphatic rings. The van der Waals surface area contributed by atoms with Crippen LogP contribution in [0.15, 0.2) is 48.7 Å². The molecule has 2 aromatic rings. The highest BCUT2D eigenvalue weighted by atomic mass is 19.1. The molecule has 0 radical (unpaired) electrons. The number of carbonyl (C=O) groups is 1. The Bertz CT molecular complexity index is 645. The molecule has 114 valence electrons. The van der Waals surface area contributed by atoms with Crippen LogP contribution in [0.4, 0.5) is 10.1 Å². The normalized spacial score (nSPS) is 20.9. The first-order valence-electron chi connectivity index (χ1n) is 7.37. The van der Waals surface area contributed by atoms with Crippen molar-refractivity contribution >= 4 is 11.6 Å². The van der Waals surface area contributed by atoms with Gasteiger partial charge < -0.3 is 10.2 Å².